The Bertz CT molecular complexity index is 1170. The van der Waals surface area contributed by atoms with Crippen molar-refractivity contribution < 1.29 is 9.53 Å². The Balaban J connectivity index is 1.53. The molecule has 0 bridgehead atoms. The first-order chi connectivity index (χ1) is 13.7. The number of H-pyrrole nitrogens is 1. The number of anilines is 2. The molecule has 2 N–H and O–H groups in total. The van der Waals surface area contributed by atoms with Gasteiger partial charge >= 0.3 is 0 Å². The van der Waals surface area contributed by atoms with E-state index in [2.05, 4.69) is 36.8 Å². The zero-order chi connectivity index (χ0) is 19.1. The highest BCUT2D eigenvalue weighted by Crippen LogP contribution is 2.33. The van der Waals surface area contributed by atoms with Gasteiger partial charge in [-0.3, -0.25) is 9.48 Å². The van der Waals surface area contributed by atoms with Gasteiger partial charge in [0.05, 0.1) is 29.8 Å². The van der Waals surface area contributed by atoms with E-state index in [1.807, 2.05) is 19.2 Å². The van der Waals surface area contributed by atoms with E-state index in [4.69, 9.17) is 4.74 Å². The van der Waals surface area contributed by atoms with E-state index < -0.39 is 0 Å². The van der Waals surface area contributed by atoms with E-state index in [1.54, 1.807) is 22.9 Å². The van der Waals surface area contributed by atoms with Crippen LogP contribution in [-0.4, -0.2) is 57.4 Å². The van der Waals surface area contributed by atoms with Crippen molar-refractivity contribution in [1.82, 2.24) is 25.2 Å². The maximum atomic E-state index is 12.9. The topological polar surface area (TPSA) is 101 Å². The number of aryl methyl sites for hydroxylation is 1. The quantitative estimate of drug-likeness (QED) is 0.566. The first-order valence-electron chi connectivity index (χ1n) is 9.11. The smallest absolute Gasteiger partial charge is 0.256 e. The lowest BCUT2D eigenvalue weighted by atomic mass is 10.1. The summed E-state index contributed by atoms with van der Waals surface area (Å²) in [6, 6.07) is 11.3. The van der Waals surface area contributed by atoms with Crippen LogP contribution in [0.4, 0.5) is 11.5 Å². The molecule has 0 radical (unpaired) electrons. The van der Waals surface area contributed by atoms with E-state index in [9.17, 15) is 4.79 Å². The number of amides is 1. The number of morpholine rings is 1. The number of rotatable bonds is 3. The minimum absolute atomic E-state index is 0.235. The second kappa shape index (κ2) is 6.61. The average Bonchev–Trinajstić information content (AvgIpc) is 3.32. The summed E-state index contributed by atoms with van der Waals surface area (Å²) in [6.45, 7) is 3.00. The number of carbonyl (C=O) groups excluding carboxylic acids is 1. The molecule has 0 saturated carbocycles. The number of aromatic amines is 1. The number of aromatic nitrogens is 5. The Morgan fingerprint density at radius 1 is 1.14 bits per heavy atom. The molecule has 3 heterocycles. The fourth-order valence-electron chi connectivity index (χ4n) is 3.61. The van der Waals surface area contributed by atoms with Crippen LogP contribution in [0.1, 0.15) is 10.4 Å². The largest absolute Gasteiger partial charge is 0.378 e. The zero-order valence-electron chi connectivity index (χ0n) is 15.3. The summed E-state index contributed by atoms with van der Waals surface area (Å²) in [5.41, 5.74) is 3.88. The maximum Gasteiger partial charge on any atom is 0.256 e. The van der Waals surface area contributed by atoms with Gasteiger partial charge in [0.25, 0.3) is 5.91 Å². The summed E-state index contributed by atoms with van der Waals surface area (Å²) in [6.07, 6.45) is 0. The standard InChI is InChI=1S/C19H19N7O2/c1-25-15-3-2-4-16(26-7-9-28-10-8-26)17(15)18(23-25)20-19(27)12-5-6-13-14(11-12)22-24-21-13/h2-6,11H,7-10H2,1H3,(H,20,23,27)(H,21,22,24). The third-order valence-corrected chi connectivity index (χ3v) is 5.02. The minimum atomic E-state index is -0.235. The number of nitrogens with zero attached hydrogens (tertiary/aromatic N) is 5. The summed E-state index contributed by atoms with van der Waals surface area (Å²) < 4.78 is 7.26. The number of hydrogen-bond acceptors (Lipinski definition) is 6. The summed E-state index contributed by atoms with van der Waals surface area (Å²) in [4.78, 5) is 15.1. The van der Waals surface area contributed by atoms with Crippen molar-refractivity contribution in [2.24, 2.45) is 7.05 Å². The molecule has 1 aliphatic rings. The van der Waals surface area contributed by atoms with Crippen LogP contribution in [0.15, 0.2) is 36.4 Å². The maximum absolute atomic E-state index is 12.9. The van der Waals surface area contributed by atoms with Crippen LogP contribution in [0.5, 0.6) is 0 Å². The fourth-order valence-corrected chi connectivity index (χ4v) is 3.61. The molecule has 9 nitrogen and oxygen atoms in total. The summed E-state index contributed by atoms with van der Waals surface area (Å²) in [5, 5.41) is 19.1. The normalized spacial score (nSPS) is 14.7. The van der Waals surface area contributed by atoms with Crippen LogP contribution < -0.4 is 10.2 Å². The lowest BCUT2D eigenvalue weighted by Gasteiger charge is -2.29. The number of nitrogens with one attached hydrogen (secondary N) is 2. The molecule has 0 atom stereocenters. The molecule has 28 heavy (non-hydrogen) atoms. The van der Waals surface area contributed by atoms with Gasteiger partial charge in [-0.15, -0.1) is 0 Å². The summed E-state index contributed by atoms with van der Waals surface area (Å²) in [5.74, 6) is 0.312. The van der Waals surface area contributed by atoms with Crippen molar-refractivity contribution in [3.63, 3.8) is 0 Å². The molecule has 1 amide bonds. The SMILES string of the molecule is Cn1nc(NC(=O)c2ccc3n[nH]nc3c2)c2c(N3CCOCC3)cccc21. The van der Waals surface area contributed by atoms with Gasteiger partial charge < -0.3 is 15.0 Å². The van der Waals surface area contributed by atoms with Crippen molar-refractivity contribution in [1.29, 1.82) is 0 Å². The van der Waals surface area contributed by atoms with Gasteiger partial charge in [-0.25, -0.2) is 0 Å². The third kappa shape index (κ3) is 2.76. The number of carbonyl (C=O) groups is 1. The summed E-state index contributed by atoms with van der Waals surface area (Å²) >= 11 is 0. The molecule has 2 aromatic heterocycles. The number of ether oxygens (including phenoxy) is 1. The lowest BCUT2D eigenvalue weighted by Crippen LogP contribution is -2.36. The molecule has 9 heteroatoms. The van der Waals surface area contributed by atoms with Gasteiger partial charge in [0, 0.05) is 25.7 Å². The molecule has 2 aromatic carbocycles. The molecule has 1 saturated heterocycles. The van der Waals surface area contributed by atoms with E-state index in [-0.39, 0.29) is 5.91 Å². The number of fused-ring (bicyclic) bond motifs is 2. The Morgan fingerprint density at radius 3 is 2.82 bits per heavy atom. The molecule has 1 aliphatic heterocycles. The molecule has 5 rings (SSSR count). The Morgan fingerprint density at radius 2 is 1.96 bits per heavy atom. The first-order valence-corrected chi connectivity index (χ1v) is 9.11. The zero-order valence-corrected chi connectivity index (χ0v) is 15.3. The highest BCUT2D eigenvalue weighted by Gasteiger charge is 2.20. The molecule has 4 aromatic rings. The van der Waals surface area contributed by atoms with E-state index in [0.717, 1.165) is 35.2 Å². The first kappa shape index (κ1) is 16.7. The van der Waals surface area contributed by atoms with Crippen molar-refractivity contribution in [3.8, 4) is 0 Å². The Labute approximate surface area is 160 Å². The Kier molecular flexibility index (Phi) is 3.94. The summed E-state index contributed by atoms with van der Waals surface area (Å²) in [7, 11) is 1.88. The molecule has 0 spiro atoms. The number of benzene rings is 2. The van der Waals surface area contributed by atoms with Gasteiger partial charge in [-0.05, 0) is 30.3 Å². The van der Waals surface area contributed by atoms with E-state index in [1.165, 1.54) is 0 Å². The average molecular weight is 377 g/mol. The molecular weight excluding hydrogens is 358 g/mol. The predicted molar refractivity (Wildman–Crippen MR) is 106 cm³/mol. The number of hydrogen-bond donors (Lipinski definition) is 2. The molecular formula is C19H19N7O2. The van der Waals surface area contributed by atoms with Gasteiger partial charge in [0.1, 0.15) is 11.0 Å². The van der Waals surface area contributed by atoms with Crippen molar-refractivity contribution >= 4 is 39.3 Å². The second-order valence-electron chi connectivity index (χ2n) is 6.72. The van der Waals surface area contributed by atoms with Crippen molar-refractivity contribution in [3.05, 3.63) is 42.0 Å². The van der Waals surface area contributed by atoms with Crippen LogP contribution in [0.25, 0.3) is 21.9 Å². The minimum Gasteiger partial charge on any atom is -0.378 e. The van der Waals surface area contributed by atoms with Crippen LogP contribution in [-0.2, 0) is 11.8 Å². The van der Waals surface area contributed by atoms with Gasteiger partial charge in [0.15, 0.2) is 5.82 Å². The molecule has 142 valence electrons. The molecule has 0 aliphatic carbocycles. The highest BCUT2D eigenvalue weighted by molar-refractivity contribution is 6.11. The van der Waals surface area contributed by atoms with Crippen LogP contribution in [0.3, 0.4) is 0 Å². The van der Waals surface area contributed by atoms with Crippen molar-refractivity contribution in [2.45, 2.75) is 0 Å². The predicted octanol–water partition coefficient (Wildman–Crippen LogP) is 1.93. The monoisotopic (exact) mass is 377 g/mol. The highest BCUT2D eigenvalue weighted by atomic mass is 16.5. The van der Waals surface area contributed by atoms with Gasteiger partial charge in [-0.2, -0.15) is 20.5 Å². The van der Waals surface area contributed by atoms with E-state index in [0.29, 0.717) is 30.1 Å². The Hall–Kier alpha value is -3.46. The van der Waals surface area contributed by atoms with Crippen LogP contribution in [0.2, 0.25) is 0 Å². The fraction of sp³-hybridized carbons (Fsp3) is 0.263. The van der Waals surface area contributed by atoms with Gasteiger partial charge in [0.2, 0.25) is 0 Å². The lowest BCUT2D eigenvalue weighted by molar-refractivity contribution is 0.102. The van der Waals surface area contributed by atoms with Crippen LogP contribution in [0, 0.1) is 0 Å². The molecule has 1 fully saturated rings. The van der Waals surface area contributed by atoms with Gasteiger partial charge in [-0.1, -0.05) is 6.07 Å². The van der Waals surface area contributed by atoms with Crippen molar-refractivity contribution in [2.75, 3.05) is 36.5 Å². The second-order valence-corrected chi connectivity index (χ2v) is 6.72. The molecule has 0 unspecified atom stereocenters. The van der Waals surface area contributed by atoms with Crippen LogP contribution >= 0.6 is 0 Å². The third-order valence-electron chi connectivity index (χ3n) is 5.02. The van der Waals surface area contributed by atoms with E-state index >= 15 is 0 Å².